The highest BCUT2D eigenvalue weighted by molar-refractivity contribution is 5.94. The molecule has 6 heteroatoms. The Morgan fingerprint density at radius 3 is 2.57 bits per heavy atom. The van der Waals surface area contributed by atoms with Crippen LogP contribution in [0.15, 0.2) is 48.5 Å². The van der Waals surface area contributed by atoms with Gasteiger partial charge in [0.1, 0.15) is 12.4 Å². The number of likely N-dealkylation sites (tertiary alicyclic amines) is 1. The lowest BCUT2D eigenvalue weighted by atomic mass is 9.95. The molecule has 0 bridgehead atoms. The lowest BCUT2D eigenvalue weighted by Gasteiger charge is -2.31. The molecular weight excluding hydrogens is 378 g/mol. The maximum absolute atomic E-state index is 12.9. The second-order valence-corrected chi connectivity index (χ2v) is 7.93. The van der Waals surface area contributed by atoms with Crippen molar-refractivity contribution in [3.63, 3.8) is 0 Å². The van der Waals surface area contributed by atoms with E-state index in [1.165, 1.54) is 0 Å². The number of nitrogens with zero attached hydrogens (tertiary/aromatic N) is 2. The fraction of sp³-hybridized carbons (Fsp3) is 0.375. The lowest BCUT2D eigenvalue weighted by Crippen LogP contribution is -2.43. The standard InChI is InChI=1S/C24H25N3O3/c25-15-19-4-1-2-5-20(19)16-30-22-7-3-6-18(14-22)24(29)27-12-10-17(11-13-27)23(28)26-21-8-9-21/h1-7,14,17,21H,8-13,16H2,(H,26,28). The average Bonchev–Trinajstić information content (AvgIpc) is 3.61. The number of benzene rings is 2. The van der Waals surface area contributed by atoms with E-state index in [1.807, 2.05) is 23.1 Å². The lowest BCUT2D eigenvalue weighted by molar-refractivity contribution is -0.126. The molecule has 1 saturated heterocycles. The van der Waals surface area contributed by atoms with E-state index in [1.54, 1.807) is 30.3 Å². The zero-order chi connectivity index (χ0) is 20.9. The molecule has 1 aliphatic heterocycles. The van der Waals surface area contributed by atoms with Crippen molar-refractivity contribution >= 4 is 11.8 Å². The van der Waals surface area contributed by atoms with Crippen molar-refractivity contribution in [2.75, 3.05) is 13.1 Å². The Morgan fingerprint density at radius 2 is 1.83 bits per heavy atom. The molecule has 0 spiro atoms. The second kappa shape index (κ2) is 9.00. The number of amides is 2. The van der Waals surface area contributed by atoms with Crippen molar-refractivity contribution in [2.24, 2.45) is 5.92 Å². The highest BCUT2D eigenvalue weighted by Gasteiger charge is 2.31. The molecule has 1 N–H and O–H groups in total. The van der Waals surface area contributed by atoms with E-state index >= 15 is 0 Å². The maximum atomic E-state index is 12.9. The van der Waals surface area contributed by atoms with Crippen LogP contribution in [0.5, 0.6) is 5.75 Å². The highest BCUT2D eigenvalue weighted by Crippen LogP contribution is 2.24. The van der Waals surface area contributed by atoms with Crippen LogP contribution in [-0.2, 0) is 11.4 Å². The minimum absolute atomic E-state index is 0.00419. The normalized spacial score (nSPS) is 16.6. The Balaban J connectivity index is 1.33. The molecule has 1 heterocycles. The summed E-state index contributed by atoms with van der Waals surface area (Å²) in [6.45, 7) is 1.44. The molecule has 154 valence electrons. The van der Waals surface area contributed by atoms with E-state index in [4.69, 9.17) is 4.74 Å². The smallest absolute Gasteiger partial charge is 0.253 e. The van der Waals surface area contributed by atoms with E-state index in [0.717, 1.165) is 18.4 Å². The number of ether oxygens (including phenoxy) is 1. The summed E-state index contributed by atoms with van der Waals surface area (Å²) in [5.41, 5.74) is 1.96. The Labute approximate surface area is 176 Å². The molecular formula is C24H25N3O3. The predicted molar refractivity (Wildman–Crippen MR) is 112 cm³/mol. The fourth-order valence-corrected chi connectivity index (χ4v) is 3.71. The van der Waals surface area contributed by atoms with E-state index in [-0.39, 0.29) is 24.3 Å². The van der Waals surface area contributed by atoms with Gasteiger partial charge in [0, 0.05) is 36.2 Å². The van der Waals surface area contributed by atoms with Crippen molar-refractivity contribution in [3.05, 3.63) is 65.2 Å². The van der Waals surface area contributed by atoms with Gasteiger partial charge >= 0.3 is 0 Å². The first-order valence-corrected chi connectivity index (χ1v) is 10.4. The third-order valence-electron chi connectivity index (χ3n) is 5.69. The molecule has 2 amide bonds. The van der Waals surface area contributed by atoms with Gasteiger partial charge in [-0.3, -0.25) is 9.59 Å². The van der Waals surface area contributed by atoms with Crippen LogP contribution in [0.3, 0.4) is 0 Å². The molecule has 0 unspecified atom stereocenters. The van der Waals surface area contributed by atoms with Crippen LogP contribution in [0, 0.1) is 17.2 Å². The van der Waals surface area contributed by atoms with E-state index in [9.17, 15) is 14.9 Å². The Bertz CT molecular complexity index is 970. The number of hydrogen-bond acceptors (Lipinski definition) is 4. The van der Waals surface area contributed by atoms with Gasteiger partial charge in [-0.25, -0.2) is 0 Å². The average molecular weight is 403 g/mol. The van der Waals surface area contributed by atoms with Gasteiger partial charge in [0.25, 0.3) is 5.91 Å². The minimum atomic E-state index is -0.0427. The molecule has 4 rings (SSSR count). The van der Waals surface area contributed by atoms with Crippen molar-refractivity contribution in [1.29, 1.82) is 5.26 Å². The first-order valence-electron chi connectivity index (χ1n) is 10.4. The minimum Gasteiger partial charge on any atom is -0.489 e. The number of piperidine rings is 1. The Hall–Kier alpha value is -3.33. The summed E-state index contributed by atoms with van der Waals surface area (Å²) in [6.07, 6.45) is 3.57. The largest absolute Gasteiger partial charge is 0.489 e. The number of hydrogen-bond donors (Lipinski definition) is 1. The van der Waals surface area contributed by atoms with Crippen LogP contribution in [-0.4, -0.2) is 35.8 Å². The third-order valence-corrected chi connectivity index (χ3v) is 5.69. The van der Waals surface area contributed by atoms with Crippen molar-refractivity contribution < 1.29 is 14.3 Å². The number of carbonyl (C=O) groups excluding carboxylic acids is 2. The first-order chi connectivity index (χ1) is 14.6. The van der Waals surface area contributed by atoms with Gasteiger partial charge in [-0.1, -0.05) is 24.3 Å². The quantitative estimate of drug-likeness (QED) is 0.803. The summed E-state index contributed by atoms with van der Waals surface area (Å²) in [6, 6.07) is 17.0. The van der Waals surface area contributed by atoms with Gasteiger partial charge in [0.05, 0.1) is 11.6 Å². The molecule has 0 atom stereocenters. The molecule has 2 fully saturated rings. The summed E-state index contributed by atoms with van der Waals surface area (Å²) in [4.78, 5) is 27.0. The molecule has 0 aromatic heterocycles. The molecule has 2 aliphatic rings. The maximum Gasteiger partial charge on any atom is 0.253 e. The van der Waals surface area contributed by atoms with Crippen molar-refractivity contribution in [1.82, 2.24) is 10.2 Å². The molecule has 1 saturated carbocycles. The van der Waals surface area contributed by atoms with Crippen LogP contribution >= 0.6 is 0 Å². The zero-order valence-corrected chi connectivity index (χ0v) is 16.8. The van der Waals surface area contributed by atoms with Gasteiger partial charge in [-0.2, -0.15) is 5.26 Å². The van der Waals surface area contributed by atoms with Gasteiger partial charge in [-0.05, 0) is 49.9 Å². The van der Waals surface area contributed by atoms with Crippen molar-refractivity contribution in [3.8, 4) is 11.8 Å². The van der Waals surface area contributed by atoms with E-state index in [0.29, 0.717) is 48.8 Å². The molecule has 0 radical (unpaired) electrons. The molecule has 2 aromatic carbocycles. The van der Waals surface area contributed by atoms with E-state index < -0.39 is 0 Å². The molecule has 30 heavy (non-hydrogen) atoms. The number of nitrogens with one attached hydrogen (secondary N) is 1. The topological polar surface area (TPSA) is 82.4 Å². The van der Waals surface area contributed by atoms with Gasteiger partial charge in [0.15, 0.2) is 0 Å². The van der Waals surface area contributed by atoms with Gasteiger partial charge < -0.3 is 15.0 Å². The van der Waals surface area contributed by atoms with Crippen LogP contribution in [0.1, 0.15) is 47.2 Å². The summed E-state index contributed by atoms with van der Waals surface area (Å²) in [5.74, 6) is 0.688. The predicted octanol–water partition coefficient (Wildman–Crippen LogP) is 3.27. The van der Waals surface area contributed by atoms with E-state index in [2.05, 4.69) is 11.4 Å². The number of nitriles is 1. The summed E-state index contributed by atoms with van der Waals surface area (Å²) < 4.78 is 5.83. The van der Waals surface area contributed by atoms with Crippen LogP contribution in [0.4, 0.5) is 0 Å². The summed E-state index contributed by atoms with van der Waals surface area (Å²) in [7, 11) is 0. The zero-order valence-electron chi connectivity index (χ0n) is 16.8. The number of rotatable bonds is 6. The monoisotopic (exact) mass is 403 g/mol. The summed E-state index contributed by atoms with van der Waals surface area (Å²) in [5, 5.41) is 12.3. The van der Waals surface area contributed by atoms with Gasteiger partial charge in [0.2, 0.25) is 5.91 Å². The first kappa shape index (κ1) is 20.0. The SMILES string of the molecule is N#Cc1ccccc1COc1cccc(C(=O)N2CCC(C(=O)NC3CC3)CC2)c1. The van der Waals surface area contributed by atoms with Gasteiger partial charge in [-0.15, -0.1) is 0 Å². The molecule has 2 aromatic rings. The molecule has 1 aliphatic carbocycles. The van der Waals surface area contributed by atoms with Crippen LogP contribution in [0.25, 0.3) is 0 Å². The molecule has 6 nitrogen and oxygen atoms in total. The van der Waals surface area contributed by atoms with Crippen LogP contribution in [0.2, 0.25) is 0 Å². The third kappa shape index (κ3) is 4.80. The van der Waals surface area contributed by atoms with Crippen LogP contribution < -0.4 is 10.1 Å². The highest BCUT2D eigenvalue weighted by atomic mass is 16.5. The Kier molecular flexibility index (Phi) is 5.99. The fourth-order valence-electron chi connectivity index (χ4n) is 3.71. The Morgan fingerprint density at radius 1 is 1.07 bits per heavy atom. The second-order valence-electron chi connectivity index (χ2n) is 7.93. The summed E-state index contributed by atoms with van der Waals surface area (Å²) >= 11 is 0. The number of carbonyl (C=O) groups is 2. The van der Waals surface area contributed by atoms with Crippen molar-refractivity contribution in [2.45, 2.75) is 38.3 Å².